The molecule has 0 aromatic carbocycles. The molecule has 3 fully saturated rings. The Balaban J connectivity index is 1.56. The van der Waals surface area contributed by atoms with Crippen LogP contribution < -0.4 is 0 Å². The van der Waals surface area contributed by atoms with Gasteiger partial charge in [0, 0.05) is 5.33 Å². The molecule has 0 N–H and O–H groups in total. The highest BCUT2D eigenvalue weighted by Gasteiger charge is 2.41. The normalized spacial score (nSPS) is 43.8. The van der Waals surface area contributed by atoms with Crippen LogP contribution in [0.2, 0.25) is 0 Å². The second-order valence-electron chi connectivity index (χ2n) is 10.8. The van der Waals surface area contributed by atoms with E-state index in [2.05, 4.69) is 85.6 Å². The lowest BCUT2D eigenvalue weighted by Crippen LogP contribution is -2.22. The Kier molecular flexibility index (Phi) is 8.47. The molecule has 0 amide bonds. The van der Waals surface area contributed by atoms with Gasteiger partial charge in [0.15, 0.2) is 0 Å². The SMILES string of the molecule is C=CC1CC(C=C)C(CCC2CC(/C=C\C3CC(C=C)CC3(C)CBr)CC2C=C)C1. The summed E-state index contributed by atoms with van der Waals surface area (Å²) >= 11 is 3.79. The van der Waals surface area contributed by atoms with Gasteiger partial charge in [-0.3, -0.25) is 0 Å². The van der Waals surface area contributed by atoms with E-state index in [-0.39, 0.29) is 0 Å². The average Bonchev–Trinajstić information content (AvgIpc) is 3.45. The molecule has 0 bridgehead atoms. The highest BCUT2D eigenvalue weighted by atomic mass is 79.9. The third kappa shape index (κ3) is 5.32. The van der Waals surface area contributed by atoms with Crippen molar-refractivity contribution in [2.75, 3.05) is 5.33 Å². The molecule has 3 saturated carbocycles. The van der Waals surface area contributed by atoms with Gasteiger partial charge in [-0.05, 0) is 104 Å². The number of allylic oxidation sites excluding steroid dienone is 6. The van der Waals surface area contributed by atoms with Crippen LogP contribution in [-0.4, -0.2) is 5.33 Å². The molecule has 0 aromatic heterocycles. The van der Waals surface area contributed by atoms with E-state index in [1.54, 1.807) is 0 Å². The van der Waals surface area contributed by atoms with Crippen molar-refractivity contribution >= 4 is 15.9 Å². The van der Waals surface area contributed by atoms with E-state index in [4.69, 9.17) is 0 Å². The van der Waals surface area contributed by atoms with E-state index in [0.717, 1.165) is 23.1 Å². The van der Waals surface area contributed by atoms with Crippen LogP contribution in [0.3, 0.4) is 0 Å². The molecule has 0 aliphatic heterocycles. The first kappa shape index (κ1) is 23.8. The van der Waals surface area contributed by atoms with Gasteiger partial charge >= 0.3 is 0 Å². The van der Waals surface area contributed by atoms with E-state index in [1.165, 1.54) is 51.4 Å². The maximum absolute atomic E-state index is 4.19. The summed E-state index contributed by atoms with van der Waals surface area (Å²) in [6, 6.07) is 0. The second-order valence-corrected chi connectivity index (χ2v) is 11.4. The summed E-state index contributed by atoms with van der Waals surface area (Å²) in [6.07, 6.45) is 24.3. The zero-order valence-corrected chi connectivity index (χ0v) is 20.7. The van der Waals surface area contributed by atoms with Crippen molar-refractivity contribution in [1.29, 1.82) is 0 Å². The highest BCUT2D eigenvalue weighted by Crippen LogP contribution is 2.50. The Morgan fingerprint density at radius 3 is 1.83 bits per heavy atom. The van der Waals surface area contributed by atoms with Crippen LogP contribution in [0, 0.1) is 52.8 Å². The van der Waals surface area contributed by atoms with Crippen LogP contribution in [-0.2, 0) is 0 Å². The van der Waals surface area contributed by atoms with Crippen LogP contribution >= 0.6 is 15.9 Å². The molecule has 9 atom stereocenters. The van der Waals surface area contributed by atoms with Crippen LogP contribution in [0.5, 0.6) is 0 Å². The fourth-order valence-electron chi connectivity index (χ4n) is 6.80. The predicted molar refractivity (Wildman–Crippen MR) is 137 cm³/mol. The lowest BCUT2D eigenvalue weighted by atomic mass is 9.81. The second kappa shape index (κ2) is 10.7. The molecular weight excluding hydrogens is 428 g/mol. The highest BCUT2D eigenvalue weighted by molar-refractivity contribution is 9.09. The van der Waals surface area contributed by atoms with Crippen molar-refractivity contribution in [2.24, 2.45) is 52.8 Å². The molecule has 0 saturated heterocycles. The molecule has 0 spiro atoms. The molecule has 3 rings (SSSR count). The molecule has 0 heterocycles. The van der Waals surface area contributed by atoms with E-state index in [9.17, 15) is 0 Å². The van der Waals surface area contributed by atoms with Crippen molar-refractivity contribution in [3.05, 3.63) is 62.8 Å². The monoisotopic (exact) mass is 470 g/mol. The third-order valence-electron chi connectivity index (χ3n) is 8.85. The standard InChI is InChI=1S/C29H43Br/c1-6-21-14-24(8-3)26(15-21)11-12-27-17-23(16-25(27)9-4)10-13-28-18-22(7-2)19-29(28,5)20-30/h6-10,13,21-28H,1-4,11-12,14-20H2,5H3/b13-10-. The minimum Gasteiger partial charge on any atom is -0.103 e. The van der Waals surface area contributed by atoms with Crippen LogP contribution in [0.15, 0.2) is 62.8 Å². The number of hydrogen-bond donors (Lipinski definition) is 0. The molecule has 0 nitrogen and oxygen atoms in total. The number of halogens is 1. The molecule has 30 heavy (non-hydrogen) atoms. The number of rotatable bonds is 10. The first-order chi connectivity index (χ1) is 14.5. The summed E-state index contributed by atoms with van der Waals surface area (Å²) < 4.78 is 0. The van der Waals surface area contributed by atoms with Crippen LogP contribution in [0.25, 0.3) is 0 Å². The number of alkyl halides is 1. The van der Waals surface area contributed by atoms with E-state index >= 15 is 0 Å². The Hall–Kier alpha value is -0.820. The first-order valence-electron chi connectivity index (χ1n) is 12.2. The molecule has 9 unspecified atom stereocenters. The first-order valence-corrected chi connectivity index (χ1v) is 13.3. The summed E-state index contributed by atoms with van der Waals surface area (Å²) in [4.78, 5) is 0. The van der Waals surface area contributed by atoms with E-state index < -0.39 is 0 Å². The molecular formula is C29H43Br. The quantitative estimate of drug-likeness (QED) is 0.221. The molecule has 3 aliphatic rings. The molecule has 0 radical (unpaired) electrons. The van der Waals surface area contributed by atoms with Crippen molar-refractivity contribution in [3.63, 3.8) is 0 Å². The molecule has 0 aromatic rings. The van der Waals surface area contributed by atoms with Crippen LogP contribution in [0.1, 0.15) is 58.3 Å². The van der Waals surface area contributed by atoms with Gasteiger partial charge in [0.2, 0.25) is 0 Å². The summed E-state index contributed by atoms with van der Waals surface area (Å²) in [5.41, 5.74) is 0.370. The Bertz CT molecular complexity index is 645. The molecule has 166 valence electrons. The topological polar surface area (TPSA) is 0 Å². The Morgan fingerprint density at radius 2 is 1.30 bits per heavy atom. The van der Waals surface area contributed by atoms with Crippen molar-refractivity contribution in [2.45, 2.75) is 58.3 Å². The lowest BCUT2D eigenvalue weighted by Gasteiger charge is -2.27. The third-order valence-corrected chi connectivity index (χ3v) is 10.1. The number of hydrogen-bond acceptors (Lipinski definition) is 0. The zero-order chi connectivity index (χ0) is 21.7. The predicted octanol–water partition coefficient (Wildman–Crippen LogP) is 8.78. The summed E-state index contributed by atoms with van der Waals surface area (Å²) in [5, 5.41) is 1.08. The lowest BCUT2D eigenvalue weighted by molar-refractivity contribution is 0.316. The van der Waals surface area contributed by atoms with Crippen molar-refractivity contribution < 1.29 is 0 Å². The summed E-state index contributed by atoms with van der Waals surface area (Å²) in [6.45, 7) is 18.8. The fourth-order valence-corrected chi connectivity index (χ4v) is 7.45. The Labute approximate surface area is 194 Å². The fraction of sp³-hybridized carbons (Fsp3) is 0.655. The van der Waals surface area contributed by atoms with Crippen molar-refractivity contribution in [1.82, 2.24) is 0 Å². The zero-order valence-electron chi connectivity index (χ0n) is 19.2. The van der Waals surface area contributed by atoms with Gasteiger partial charge in [-0.2, -0.15) is 0 Å². The molecule has 3 aliphatic carbocycles. The smallest absolute Gasteiger partial charge is 0.00911 e. The summed E-state index contributed by atoms with van der Waals surface area (Å²) in [7, 11) is 0. The van der Waals surface area contributed by atoms with Gasteiger partial charge < -0.3 is 0 Å². The largest absolute Gasteiger partial charge is 0.103 e. The van der Waals surface area contributed by atoms with Crippen LogP contribution in [0.4, 0.5) is 0 Å². The van der Waals surface area contributed by atoms with Gasteiger partial charge in [-0.15, -0.1) is 26.3 Å². The van der Waals surface area contributed by atoms with E-state index in [0.29, 0.717) is 35.0 Å². The van der Waals surface area contributed by atoms with Gasteiger partial charge in [0.1, 0.15) is 0 Å². The van der Waals surface area contributed by atoms with Gasteiger partial charge in [0.25, 0.3) is 0 Å². The summed E-state index contributed by atoms with van der Waals surface area (Å²) in [5.74, 6) is 5.74. The minimum atomic E-state index is 0.370. The maximum Gasteiger partial charge on any atom is 0.00911 e. The average molecular weight is 472 g/mol. The maximum atomic E-state index is 4.19. The van der Waals surface area contributed by atoms with Gasteiger partial charge in [-0.1, -0.05) is 59.3 Å². The Morgan fingerprint density at radius 1 is 0.733 bits per heavy atom. The van der Waals surface area contributed by atoms with Crippen molar-refractivity contribution in [3.8, 4) is 0 Å². The molecule has 1 heteroatoms. The van der Waals surface area contributed by atoms with Gasteiger partial charge in [-0.25, -0.2) is 0 Å². The van der Waals surface area contributed by atoms with Gasteiger partial charge in [0.05, 0.1) is 0 Å². The minimum absolute atomic E-state index is 0.370. The van der Waals surface area contributed by atoms with E-state index in [1.807, 2.05) is 0 Å².